The van der Waals surface area contributed by atoms with Gasteiger partial charge in [-0.15, -0.1) is 24.0 Å². The molecule has 8 nitrogen and oxygen atoms in total. The second-order valence-corrected chi connectivity index (χ2v) is 8.67. The zero-order valence-corrected chi connectivity index (χ0v) is 22.9. The molecule has 2 N–H and O–H groups in total. The number of aliphatic imine (C=N–C) groups is 1. The van der Waals surface area contributed by atoms with Gasteiger partial charge in [-0.2, -0.15) is 0 Å². The first-order valence-electron chi connectivity index (χ1n) is 12.0. The van der Waals surface area contributed by atoms with Crippen LogP contribution in [0.1, 0.15) is 24.4 Å². The van der Waals surface area contributed by atoms with Gasteiger partial charge in [0, 0.05) is 46.3 Å². The van der Waals surface area contributed by atoms with Gasteiger partial charge >= 0.3 is 0 Å². The molecule has 0 aromatic heterocycles. The molecule has 188 valence electrons. The van der Waals surface area contributed by atoms with Crippen LogP contribution in [-0.4, -0.2) is 114 Å². The number of halogens is 1. The first-order chi connectivity index (χ1) is 15.7. The van der Waals surface area contributed by atoms with E-state index in [-0.39, 0.29) is 30.0 Å². The van der Waals surface area contributed by atoms with Gasteiger partial charge < -0.3 is 29.9 Å². The molecule has 33 heavy (non-hydrogen) atoms. The summed E-state index contributed by atoms with van der Waals surface area (Å²) in [7, 11) is 5.77. The molecule has 0 bridgehead atoms. The van der Waals surface area contributed by atoms with Crippen LogP contribution in [0.4, 0.5) is 0 Å². The molecule has 2 aliphatic heterocycles. The van der Waals surface area contributed by atoms with Gasteiger partial charge in [0.2, 0.25) is 0 Å². The molecule has 0 amide bonds. The number of nitrogens with zero attached hydrogens (tertiary/aromatic N) is 4. The van der Waals surface area contributed by atoms with E-state index in [2.05, 4.69) is 49.5 Å². The molecule has 1 unspecified atom stereocenters. The van der Waals surface area contributed by atoms with Crippen molar-refractivity contribution in [3.8, 4) is 5.75 Å². The van der Waals surface area contributed by atoms with Crippen molar-refractivity contribution in [1.82, 2.24) is 25.3 Å². The monoisotopic (exact) mass is 574 g/mol. The quantitative estimate of drug-likeness (QED) is 0.202. The number of morpholine rings is 1. The van der Waals surface area contributed by atoms with E-state index in [4.69, 9.17) is 9.47 Å². The summed E-state index contributed by atoms with van der Waals surface area (Å²) in [6.07, 6.45) is 2.39. The Balaban J connectivity index is 0.00000385. The van der Waals surface area contributed by atoms with E-state index in [0.29, 0.717) is 0 Å². The van der Waals surface area contributed by atoms with Crippen molar-refractivity contribution in [3.05, 3.63) is 29.8 Å². The number of hydrogen-bond donors (Lipinski definition) is 2. The predicted octanol–water partition coefficient (Wildman–Crippen LogP) is 1.88. The summed E-state index contributed by atoms with van der Waals surface area (Å²) in [4.78, 5) is 11.9. The molecule has 3 rings (SSSR count). The number of guanidine groups is 1. The molecule has 0 radical (unpaired) electrons. The number of methoxy groups -OCH3 is 1. The minimum absolute atomic E-state index is 0. The highest BCUT2D eigenvalue weighted by Crippen LogP contribution is 2.23. The topological polar surface area (TPSA) is 64.6 Å². The Kier molecular flexibility index (Phi) is 13.4. The van der Waals surface area contributed by atoms with Crippen LogP contribution in [0.15, 0.2) is 29.3 Å². The van der Waals surface area contributed by atoms with E-state index in [0.717, 1.165) is 64.1 Å². The van der Waals surface area contributed by atoms with Crippen LogP contribution in [0, 0.1) is 0 Å². The molecule has 1 atom stereocenters. The number of hydrogen-bond acceptors (Lipinski definition) is 6. The molecule has 2 aliphatic rings. The van der Waals surface area contributed by atoms with E-state index >= 15 is 0 Å². The Labute approximate surface area is 217 Å². The summed E-state index contributed by atoms with van der Waals surface area (Å²) in [5, 5.41) is 7.05. The zero-order chi connectivity index (χ0) is 22.6. The van der Waals surface area contributed by atoms with Gasteiger partial charge in [-0.3, -0.25) is 9.89 Å². The Morgan fingerprint density at radius 1 is 1.06 bits per heavy atom. The Bertz CT molecular complexity index is 684. The number of ether oxygens (including phenoxy) is 2. The summed E-state index contributed by atoms with van der Waals surface area (Å²) in [5.41, 5.74) is 1.28. The minimum Gasteiger partial charge on any atom is -0.497 e. The fourth-order valence-corrected chi connectivity index (χ4v) is 4.42. The maximum absolute atomic E-state index is 5.57. The molecule has 2 saturated heterocycles. The van der Waals surface area contributed by atoms with Crippen molar-refractivity contribution in [2.45, 2.75) is 18.9 Å². The molecule has 2 heterocycles. The summed E-state index contributed by atoms with van der Waals surface area (Å²) in [6.45, 7) is 11.1. The Morgan fingerprint density at radius 3 is 2.52 bits per heavy atom. The van der Waals surface area contributed by atoms with Gasteiger partial charge in [-0.05, 0) is 57.2 Å². The van der Waals surface area contributed by atoms with E-state index in [1.807, 2.05) is 19.2 Å². The third kappa shape index (κ3) is 9.56. The van der Waals surface area contributed by atoms with Crippen molar-refractivity contribution in [1.29, 1.82) is 0 Å². The second kappa shape index (κ2) is 15.7. The van der Waals surface area contributed by atoms with Gasteiger partial charge in [0.1, 0.15) is 5.75 Å². The molecular formula is C24H43IN6O2. The van der Waals surface area contributed by atoms with Gasteiger partial charge in [0.05, 0.1) is 26.4 Å². The maximum Gasteiger partial charge on any atom is 0.191 e. The van der Waals surface area contributed by atoms with Crippen molar-refractivity contribution in [2.24, 2.45) is 4.99 Å². The molecule has 0 aliphatic carbocycles. The summed E-state index contributed by atoms with van der Waals surface area (Å²) in [6, 6.07) is 8.66. The normalized spacial score (nSPS) is 19.9. The average molecular weight is 575 g/mol. The SMILES string of the molecule is CN=C(NCCCN1CCCN(C)CC1)NCC(c1ccc(OC)cc1)N1CCOCC1.I. The van der Waals surface area contributed by atoms with Crippen LogP contribution in [0.2, 0.25) is 0 Å². The summed E-state index contributed by atoms with van der Waals surface area (Å²) < 4.78 is 10.9. The lowest BCUT2D eigenvalue weighted by atomic mass is 10.0. The lowest BCUT2D eigenvalue weighted by Crippen LogP contribution is -2.46. The molecule has 0 saturated carbocycles. The third-order valence-corrected chi connectivity index (χ3v) is 6.43. The van der Waals surface area contributed by atoms with Crippen molar-refractivity contribution in [3.63, 3.8) is 0 Å². The highest BCUT2D eigenvalue weighted by atomic mass is 127. The van der Waals surface area contributed by atoms with Crippen LogP contribution >= 0.6 is 24.0 Å². The Hall–Kier alpha value is -1.14. The summed E-state index contributed by atoms with van der Waals surface area (Å²) in [5.74, 6) is 1.75. The molecule has 9 heteroatoms. The van der Waals surface area contributed by atoms with Gasteiger partial charge in [0.25, 0.3) is 0 Å². The van der Waals surface area contributed by atoms with Crippen LogP contribution in [0.5, 0.6) is 5.75 Å². The zero-order valence-electron chi connectivity index (χ0n) is 20.6. The van der Waals surface area contributed by atoms with Crippen LogP contribution in [0.25, 0.3) is 0 Å². The van der Waals surface area contributed by atoms with Gasteiger partial charge in [0.15, 0.2) is 5.96 Å². The highest BCUT2D eigenvalue weighted by Gasteiger charge is 2.23. The number of benzene rings is 1. The van der Waals surface area contributed by atoms with Crippen LogP contribution in [-0.2, 0) is 4.74 Å². The first kappa shape index (κ1) is 28.1. The largest absolute Gasteiger partial charge is 0.497 e. The number of rotatable bonds is 9. The molecular weight excluding hydrogens is 531 g/mol. The standard InChI is InChI=1S/C24H42N6O2.HI/c1-25-24(26-10-4-12-29-13-5-11-28(2)14-15-29)27-20-23(30-16-18-32-19-17-30)21-6-8-22(31-3)9-7-21;/h6-9,23H,4-5,10-20H2,1-3H3,(H2,25,26,27);1H. The van der Waals surface area contributed by atoms with Crippen molar-refractivity contribution in [2.75, 3.05) is 93.3 Å². The fraction of sp³-hybridized carbons (Fsp3) is 0.708. The maximum atomic E-state index is 5.57. The van der Waals surface area contributed by atoms with Crippen LogP contribution < -0.4 is 15.4 Å². The molecule has 1 aromatic rings. The number of nitrogens with one attached hydrogen (secondary N) is 2. The molecule has 2 fully saturated rings. The van der Waals surface area contributed by atoms with Crippen molar-refractivity contribution < 1.29 is 9.47 Å². The van der Waals surface area contributed by atoms with E-state index < -0.39 is 0 Å². The van der Waals surface area contributed by atoms with Crippen LogP contribution in [0.3, 0.4) is 0 Å². The first-order valence-corrected chi connectivity index (χ1v) is 12.0. The van der Waals surface area contributed by atoms with E-state index in [9.17, 15) is 0 Å². The highest BCUT2D eigenvalue weighted by molar-refractivity contribution is 14.0. The second-order valence-electron chi connectivity index (χ2n) is 8.67. The van der Waals surface area contributed by atoms with E-state index in [1.165, 1.54) is 38.2 Å². The lowest BCUT2D eigenvalue weighted by Gasteiger charge is -2.35. The summed E-state index contributed by atoms with van der Waals surface area (Å²) >= 11 is 0. The van der Waals surface area contributed by atoms with Gasteiger partial charge in [-0.25, -0.2) is 0 Å². The molecule has 1 aromatic carbocycles. The van der Waals surface area contributed by atoms with Gasteiger partial charge in [-0.1, -0.05) is 12.1 Å². The smallest absolute Gasteiger partial charge is 0.191 e. The third-order valence-electron chi connectivity index (χ3n) is 6.43. The fourth-order valence-electron chi connectivity index (χ4n) is 4.42. The average Bonchev–Trinajstić information content (AvgIpc) is 3.05. The van der Waals surface area contributed by atoms with Crippen molar-refractivity contribution >= 4 is 29.9 Å². The predicted molar refractivity (Wildman–Crippen MR) is 146 cm³/mol. The molecule has 0 spiro atoms. The van der Waals surface area contributed by atoms with E-state index in [1.54, 1.807) is 7.11 Å². The Morgan fingerprint density at radius 2 is 1.82 bits per heavy atom. The number of likely N-dealkylation sites (N-methyl/N-ethyl adjacent to an activating group) is 1. The lowest BCUT2D eigenvalue weighted by molar-refractivity contribution is 0.0170. The minimum atomic E-state index is 0.